The summed E-state index contributed by atoms with van der Waals surface area (Å²) in [6.45, 7) is 6.10. The van der Waals surface area contributed by atoms with E-state index in [0.29, 0.717) is 29.3 Å². The van der Waals surface area contributed by atoms with E-state index in [9.17, 15) is 14.0 Å². The summed E-state index contributed by atoms with van der Waals surface area (Å²) in [6, 6.07) is 18.3. The van der Waals surface area contributed by atoms with Gasteiger partial charge in [-0.2, -0.15) is 0 Å². The molecule has 0 aromatic heterocycles. The van der Waals surface area contributed by atoms with Crippen molar-refractivity contribution >= 4 is 23.4 Å². The van der Waals surface area contributed by atoms with Gasteiger partial charge in [0, 0.05) is 24.5 Å². The molecule has 0 aliphatic carbocycles. The van der Waals surface area contributed by atoms with Crippen molar-refractivity contribution in [1.29, 1.82) is 0 Å². The Labute approximate surface area is 217 Å². The summed E-state index contributed by atoms with van der Waals surface area (Å²) < 4.78 is 19.4. The number of amides is 2. The minimum atomic E-state index is -0.770. The van der Waals surface area contributed by atoms with Crippen LogP contribution in [0.5, 0.6) is 5.75 Å². The van der Waals surface area contributed by atoms with Crippen LogP contribution in [0.2, 0.25) is 5.02 Å². The third-order valence-corrected chi connectivity index (χ3v) is 6.45. The molecule has 1 N–H and O–H groups in total. The molecule has 3 aromatic carbocycles. The smallest absolute Gasteiger partial charge is 0.261 e. The normalized spacial score (nSPS) is 11.6. The highest BCUT2D eigenvalue weighted by atomic mass is 35.5. The number of nitrogens with one attached hydrogen (secondary N) is 1. The fraction of sp³-hybridized carbons (Fsp3) is 0.310. The molecule has 0 unspecified atom stereocenters. The van der Waals surface area contributed by atoms with Crippen LogP contribution in [0.1, 0.15) is 35.6 Å². The van der Waals surface area contributed by atoms with Gasteiger partial charge in [-0.05, 0) is 66.8 Å². The van der Waals surface area contributed by atoms with E-state index in [0.717, 1.165) is 23.1 Å². The fourth-order valence-electron chi connectivity index (χ4n) is 3.92. The van der Waals surface area contributed by atoms with Crippen LogP contribution in [0.25, 0.3) is 0 Å². The highest BCUT2D eigenvalue weighted by Crippen LogP contribution is 2.26. The van der Waals surface area contributed by atoms with E-state index in [1.165, 1.54) is 17.0 Å². The first-order chi connectivity index (χ1) is 17.3. The molecule has 3 aromatic rings. The minimum Gasteiger partial charge on any atom is -0.484 e. The Morgan fingerprint density at radius 3 is 2.25 bits per heavy atom. The van der Waals surface area contributed by atoms with Crippen LogP contribution in [0.3, 0.4) is 0 Å². The Morgan fingerprint density at radius 1 is 1.00 bits per heavy atom. The predicted octanol–water partition coefficient (Wildman–Crippen LogP) is 5.64. The number of halogens is 2. The molecular formula is C29H32ClFN2O3. The third kappa shape index (κ3) is 7.56. The number of hydrogen-bond donors (Lipinski definition) is 1. The quantitative estimate of drug-likeness (QED) is 0.363. The molecule has 0 bridgehead atoms. The molecule has 0 spiro atoms. The van der Waals surface area contributed by atoms with Crippen LogP contribution in [0.4, 0.5) is 4.39 Å². The Hall–Kier alpha value is -3.38. The summed E-state index contributed by atoms with van der Waals surface area (Å²) in [5.41, 5.74) is 3.34. The largest absolute Gasteiger partial charge is 0.484 e. The minimum absolute atomic E-state index is 0.137. The van der Waals surface area contributed by atoms with Crippen molar-refractivity contribution in [3.05, 3.63) is 99.8 Å². The second kappa shape index (κ2) is 13.1. The van der Waals surface area contributed by atoms with Crippen LogP contribution in [0, 0.1) is 19.7 Å². The monoisotopic (exact) mass is 510 g/mol. The van der Waals surface area contributed by atoms with E-state index in [4.69, 9.17) is 16.3 Å². The maximum atomic E-state index is 13.6. The second-order valence-corrected chi connectivity index (χ2v) is 9.18. The molecule has 1 atom stereocenters. The lowest BCUT2D eigenvalue weighted by molar-refractivity contribution is -0.142. The Bertz CT molecular complexity index is 1150. The van der Waals surface area contributed by atoms with Gasteiger partial charge in [-0.15, -0.1) is 0 Å². The van der Waals surface area contributed by atoms with Crippen molar-refractivity contribution in [2.24, 2.45) is 0 Å². The van der Waals surface area contributed by atoms with Gasteiger partial charge in [0.25, 0.3) is 5.91 Å². The van der Waals surface area contributed by atoms with Gasteiger partial charge in [0.15, 0.2) is 6.61 Å². The van der Waals surface area contributed by atoms with Crippen molar-refractivity contribution in [2.75, 3.05) is 13.2 Å². The summed E-state index contributed by atoms with van der Waals surface area (Å²) in [5, 5.41) is 3.58. The molecule has 0 radical (unpaired) electrons. The summed E-state index contributed by atoms with van der Waals surface area (Å²) in [7, 11) is 0. The van der Waals surface area contributed by atoms with Crippen molar-refractivity contribution in [3.8, 4) is 5.75 Å². The predicted molar refractivity (Wildman–Crippen MR) is 141 cm³/mol. The number of benzene rings is 3. The average molecular weight is 511 g/mol. The molecule has 0 saturated carbocycles. The molecule has 190 valence electrons. The zero-order valence-corrected chi connectivity index (χ0v) is 21.6. The number of hydrogen-bond acceptors (Lipinski definition) is 3. The number of ether oxygens (including phenoxy) is 1. The zero-order valence-electron chi connectivity index (χ0n) is 20.9. The molecule has 0 aliphatic heterocycles. The van der Waals surface area contributed by atoms with Crippen LogP contribution in [0.15, 0.2) is 66.7 Å². The fourth-order valence-corrected chi connectivity index (χ4v) is 4.03. The molecule has 5 nitrogen and oxygen atoms in total. The molecule has 0 fully saturated rings. The SMILES string of the molecule is CCCNC(=O)[C@H](Cc1ccccc1)N(Cc1ccc(F)cc1)C(=O)COc1cc(C)c(Cl)c(C)c1. The first-order valence-corrected chi connectivity index (χ1v) is 12.4. The highest BCUT2D eigenvalue weighted by molar-refractivity contribution is 6.32. The standard InChI is InChI=1S/C29H32ClFN2O3/c1-4-14-32-29(35)26(17-22-8-6-5-7-9-22)33(18-23-10-12-24(31)13-11-23)27(34)19-36-25-15-20(2)28(30)21(3)16-25/h5-13,15-16,26H,4,14,17-19H2,1-3H3,(H,32,35)/t26-/m0/s1. The summed E-state index contributed by atoms with van der Waals surface area (Å²) >= 11 is 6.26. The summed E-state index contributed by atoms with van der Waals surface area (Å²) in [6.07, 6.45) is 1.11. The van der Waals surface area contributed by atoms with Gasteiger partial charge in [-0.3, -0.25) is 9.59 Å². The van der Waals surface area contributed by atoms with Gasteiger partial charge in [0.1, 0.15) is 17.6 Å². The molecule has 3 rings (SSSR count). The molecular weight excluding hydrogens is 479 g/mol. The number of nitrogens with zero attached hydrogens (tertiary/aromatic N) is 1. The lowest BCUT2D eigenvalue weighted by atomic mass is 10.0. The van der Waals surface area contributed by atoms with Gasteiger partial charge >= 0.3 is 0 Å². The Balaban J connectivity index is 1.90. The number of carbonyl (C=O) groups excluding carboxylic acids is 2. The van der Waals surface area contributed by atoms with E-state index in [2.05, 4.69) is 5.32 Å². The molecule has 0 heterocycles. The van der Waals surface area contributed by atoms with Crippen molar-refractivity contribution in [3.63, 3.8) is 0 Å². The van der Waals surface area contributed by atoms with E-state index < -0.39 is 6.04 Å². The third-order valence-electron chi connectivity index (χ3n) is 5.86. The van der Waals surface area contributed by atoms with E-state index in [1.807, 2.05) is 51.1 Å². The van der Waals surface area contributed by atoms with E-state index in [1.54, 1.807) is 24.3 Å². The van der Waals surface area contributed by atoms with Crippen molar-refractivity contribution in [1.82, 2.24) is 10.2 Å². The van der Waals surface area contributed by atoms with Crippen LogP contribution < -0.4 is 10.1 Å². The van der Waals surface area contributed by atoms with Crippen molar-refractivity contribution in [2.45, 2.75) is 46.2 Å². The topological polar surface area (TPSA) is 58.6 Å². The molecule has 2 amide bonds. The molecule has 7 heteroatoms. The van der Waals surface area contributed by atoms with E-state index >= 15 is 0 Å². The molecule has 0 saturated heterocycles. The van der Waals surface area contributed by atoms with Crippen LogP contribution in [-0.4, -0.2) is 35.9 Å². The molecule has 36 heavy (non-hydrogen) atoms. The maximum Gasteiger partial charge on any atom is 0.261 e. The van der Waals surface area contributed by atoms with E-state index in [-0.39, 0.29) is 30.8 Å². The average Bonchev–Trinajstić information content (AvgIpc) is 2.88. The second-order valence-electron chi connectivity index (χ2n) is 8.80. The van der Waals surface area contributed by atoms with Gasteiger partial charge in [0.05, 0.1) is 0 Å². The summed E-state index contributed by atoms with van der Waals surface area (Å²) in [4.78, 5) is 28.3. The first kappa shape index (κ1) is 27.2. The van der Waals surface area contributed by atoms with Gasteiger partial charge in [-0.25, -0.2) is 4.39 Å². The number of rotatable bonds is 11. The Morgan fingerprint density at radius 2 is 1.64 bits per heavy atom. The van der Waals surface area contributed by atoms with Gasteiger partial charge < -0.3 is 15.0 Å². The van der Waals surface area contributed by atoms with Crippen molar-refractivity contribution < 1.29 is 18.7 Å². The summed E-state index contributed by atoms with van der Waals surface area (Å²) in [5.74, 6) is -0.430. The molecule has 0 aliphatic rings. The van der Waals surface area contributed by atoms with Gasteiger partial charge in [0.2, 0.25) is 5.91 Å². The highest BCUT2D eigenvalue weighted by Gasteiger charge is 2.30. The number of aryl methyl sites for hydroxylation is 2. The lowest BCUT2D eigenvalue weighted by Gasteiger charge is -2.31. The zero-order chi connectivity index (χ0) is 26.1. The number of carbonyl (C=O) groups is 2. The van der Waals surface area contributed by atoms with Gasteiger partial charge in [-0.1, -0.05) is 61.0 Å². The van der Waals surface area contributed by atoms with Crippen LogP contribution >= 0.6 is 11.6 Å². The Kier molecular flexibility index (Phi) is 9.88. The first-order valence-electron chi connectivity index (χ1n) is 12.0. The van der Waals surface area contributed by atoms with Crippen LogP contribution in [-0.2, 0) is 22.6 Å². The maximum absolute atomic E-state index is 13.6. The lowest BCUT2D eigenvalue weighted by Crippen LogP contribution is -2.51.